The smallest absolute Gasteiger partial charge is 0.0482 e. The van der Waals surface area contributed by atoms with E-state index in [1.54, 1.807) is 0 Å². The van der Waals surface area contributed by atoms with Crippen LogP contribution in [0.3, 0.4) is 0 Å². The number of nitrogens with two attached hydrogens (primary N) is 1. The molecule has 2 aliphatic heterocycles. The van der Waals surface area contributed by atoms with Crippen LogP contribution in [0.15, 0.2) is 18.2 Å². The van der Waals surface area contributed by atoms with Crippen molar-refractivity contribution in [1.29, 1.82) is 0 Å². The van der Waals surface area contributed by atoms with Crippen molar-refractivity contribution in [3.8, 4) is 0 Å². The van der Waals surface area contributed by atoms with Crippen molar-refractivity contribution in [1.82, 2.24) is 0 Å². The van der Waals surface area contributed by atoms with Gasteiger partial charge in [0.2, 0.25) is 0 Å². The van der Waals surface area contributed by atoms with Gasteiger partial charge in [0.15, 0.2) is 0 Å². The van der Waals surface area contributed by atoms with E-state index < -0.39 is 0 Å². The number of hydrogen-bond donors (Lipinski definition) is 1. The summed E-state index contributed by atoms with van der Waals surface area (Å²) in [6.07, 6.45) is 3.58. The van der Waals surface area contributed by atoms with Crippen LogP contribution >= 0.6 is 0 Å². The second kappa shape index (κ2) is 3.24. The van der Waals surface area contributed by atoms with Crippen molar-refractivity contribution >= 4 is 5.69 Å². The van der Waals surface area contributed by atoms with E-state index in [-0.39, 0.29) is 0 Å². The van der Waals surface area contributed by atoms with Crippen molar-refractivity contribution in [2.45, 2.75) is 38.3 Å². The van der Waals surface area contributed by atoms with E-state index in [2.05, 4.69) is 30.0 Å². The highest BCUT2D eigenvalue weighted by molar-refractivity contribution is 5.61. The average Bonchev–Trinajstić information content (AvgIpc) is 2.57. The van der Waals surface area contributed by atoms with Gasteiger partial charge >= 0.3 is 0 Å². The van der Waals surface area contributed by atoms with Gasteiger partial charge in [-0.05, 0) is 37.8 Å². The number of rotatable bonds is 0. The molecule has 1 fully saturated rings. The fourth-order valence-electron chi connectivity index (χ4n) is 3.03. The van der Waals surface area contributed by atoms with Gasteiger partial charge in [-0.15, -0.1) is 0 Å². The normalized spacial score (nSPS) is 28.8. The third-order valence-corrected chi connectivity index (χ3v) is 3.80. The van der Waals surface area contributed by atoms with Gasteiger partial charge in [0, 0.05) is 24.3 Å². The van der Waals surface area contributed by atoms with Crippen LogP contribution in [0.25, 0.3) is 0 Å². The number of benzene rings is 1. The second-order valence-corrected chi connectivity index (χ2v) is 4.90. The van der Waals surface area contributed by atoms with Crippen molar-refractivity contribution in [3.63, 3.8) is 0 Å². The Morgan fingerprint density at radius 2 is 2.27 bits per heavy atom. The number of fused-ring (bicyclic) bond motifs is 3. The highest BCUT2D eigenvalue weighted by Crippen LogP contribution is 2.36. The van der Waals surface area contributed by atoms with E-state index >= 15 is 0 Å². The summed E-state index contributed by atoms with van der Waals surface area (Å²) in [4.78, 5) is 2.52. The van der Waals surface area contributed by atoms with Gasteiger partial charge in [-0.3, -0.25) is 0 Å². The lowest BCUT2D eigenvalue weighted by molar-refractivity contribution is 0.415. The lowest BCUT2D eigenvalue weighted by Gasteiger charge is -2.36. The van der Waals surface area contributed by atoms with Gasteiger partial charge in [0.1, 0.15) is 0 Å². The zero-order valence-electron chi connectivity index (χ0n) is 9.24. The average molecular weight is 202 g/mol. The zero-order chi connectivity index (χ0) is 10.4. The molecule has 2 aliphatic rings. The lowest BCUT2D eigenvalue weighted by Crippen LogP contribution is -2.50. The first-order valence-electron chi connectivity index (χ1n) is 5.87. The van der Waals surface area contributed by atoms with Gasteiger partial charge in [0.05, 0.1) is 0 Å². The Kier molecular flexibility index (Phi) is 1.99. The SMILES string of the molecule is Cc1ccc2c(c1)CC1C(N)CCCN21. The maximum atomic E-state index is 6.20. The number of hydrogen-bond acceptors (Lipinski definition) is 2. The Labute approximate surface area is 91.1 Å². The summed E-state index contributed by atoms with van der Waals surface area (Å²) in [6, 6.07) is 7.73. The molecule has 0 amide bonds. The molecule has 0 aromatic heterocycles. The van der Waals surface area contributed by atoms with Gasteiger partial charge < -0.3 is 10.6 Å². The van der Waals surface area contributed by atoms with Crippen molar-refractivity contribution in [2.24, 2.45) is 5.73 Å². The highest BCUT2D eigenvalue weighted by Gasteiger charge is 2.35. The minimum Gasteiger partial charge on any atom is -0.366 e. The van der Waals surface area contributed by atoms with Crippen molar-refractivity contribution in [2.75, 3.05) is 11.4 Å². The Morgan fingerprint density at radius 1 is 1.40 bits per heavy atom. The van der Waals surface area contributed by atoms with Gasteiger partial charge in [0.25, 0.3) is 0 Å². The predicted molar refractivity (Wildman–Crippen MR) is 63.2 cm³/mol. The fraction of sp³-hybridized carbons (Fsp3) is 0.538. The molecule has 0 bridgehead atoms. The molecule has 1 saturated heterocycles. The summed E-state index contributed by atoms with van der Waals surface area (Å²) < 4.78 is 0. The Bertz CT molecular complexity index is 386. The van der Waals surface area contributed by atoms with Crippen LogP contribution < -0.4 is 10.6 Å². The predicted octanol–water partition coefficient (Wildman–Crippen LogP) is 1.85. The van der Waals surface area contributed by atoms with Crippen molar-refractivity contribution < 1.29 is 0 Å². The first-order chi connectivity index (χ1) is 7.25. The molecule has 0 radical (unpaired) electrons. The summed E-state index contributed by atoms with van der Waals surface area (Å²) in [5.41, 5.74) is 10.5. The van der Waals surface area contributed by atoms with E-state index in [1.165, 1.54) is 36.2 Å². The summed E-state index contributed by atoms with van der Waals surface area (Å²) in [5, 5.41) is 0. The maximum absolute atomic E-state index is 6.20. The van der Waals surface area contributed by atoms with Crippen LogP contribution in [-0.2, 0) is 6.42 Å². The van der Waals surface area contributed by atoms with Crippen LogP contribution in [0.1, 0.15) is 24.0 Å². The minimum atomic E-state index is 0.367. The van der Waals surface area contributed by atoms with Crippen LogP contribution in [0.2, 0.25) is 0 Å². The zero-order valence-corrected chi connectivity index (χ0v) is 9.24. The molecular weight excluding hydrogens is 184 g/mol. The summed E-state index contributed by atoms with van der Waals surface area (Å²) >= 11 is 0. The number of piperidine rings is 1. The minimum absolute atomic E-state index is 0.367. The molecule has 1 aromatic carbocycles. The molecule has 0 saturated carbocycles. The Balaban J connectivity index is 2.00. The summed E-state index contributed by atoms with van der Waals surface area (Å²) in [6.45, 7) is 3.35. The molecular formula is C13H18N2. The van der Waals surface area contributed by atoms with Crippen LogP contribution in [0.5, 0.6) is 0 Å². The molecule has 2 N–H and O–H groups in total. The molecule has 2 heterocycles. The topological polar surface area (TPSA) is 29.3 Å². The third kappa shape index (κ3) is 1.36. The molecule has 2 unspecified atom stereocenters. The Hall–Kier alpha value is -1.02. The first-order valence-corrected chi connectivity index (χ1v) is 5.87. The molecule has 80 valence electrons. The lowest BCUT2D eigenvalue weighted by atomic mass is 9.96. The quantitative estimate of drug-likeness (QED) is 0.695. The fourth-order valence-corrected chi connectivity index (χ4v) is 3.03. The van der Waals surface area contributed by atoms with Gasteiger partial charge in [-0.25, -0.2) is 0 Å². The standard InChI is InChI=1S/C13H18N2/c1-9-4-5-12-10(7-9)8-13-11(14)3-2-6-15(12)13/h4-5,7,11,13H,2-3,6,8,14H2,1H3. The number of aryl methyl sites for hydroxylation is 1. The molecule has 2 atom stereocenters. The van der Waals surface area contributed by atoms with E-state index in [1.807, 2.05) is 0 Å². The van der Waals surface area contributed by atoms with Crippen LogP contribution in [0, 0.1) is 6.92 Å². The molecule has 2 heteroatoms. The molecule has 2 nitrogen and oxygen atoms in total. The van der Waals surface area contributed by atoms with E-state index in [4.69, 9.17) is 5.73 Å². The maximum Gasteiger partial charge on any atom is 0.0482 e. The second-order valence-electron chi connectivity index (χ2n) is 4.90. The van der Waals surface area contributed by atoms with E-state index in [0.29, 0.717) is 12.1 Å². The summed E-state index contributed by atoms with van der Waals surface area (Å²) in [5.74, 6) is 0. The van der Waals surface area contributed by atoms with Crippen LogP contribution in [-0.4, -0.2) is 18.6 Å². The monoisotopic (exact) mass is 202 g/mol. The number of anilines is 1. The van der Waals surface area contributed by atoms with Gasteiger partial charge in [-0.1, -0.05) is 17.7 Å². The van der Waals surface area contributed by atoms with Gasteiger partial charge in [-0.2, -0.15) is 0 Å². The van der Waals surface area contributed by atoms with Crippen molar-refractivity contribution in [3.05, 3.63) is 29.3 Å². The van der Waals surface area contributed by atoms with E-state index in [0.717, 1.165) is 6.42 Å². The molecule has 3 rings (SSSR count). The highest BCUT2D eigenvalue weighted by atomic mass is 15.2. The first kappa shape index (κ1) is 9.22. The molecule has 1 aromatic rings. The molecule has 15 heavy (non-hydrogen) atoms. The van der Waals surface area contributed by atoms with Crippen LogP contribution in [0.4, 0.5) is 5.69 Å². The molecule has 0 aliphatic carbocycles. The summed E-state index contributed by atoms with van der Waals surface area (Å²) in [7, 11) is 0. The third-order valence-electron chi connectivity index (χ3n) is 3.80. The molecule has 0 spiro atoms. The Morgan fingerprint density at radius 3 is 3.13 bits per heavy atom. The largest absolute Gasteiger partial charge is 0.366 e. The van der Waals surface area contributed by atoms with E-state index in [9.17, 15) is 0 Å². The number of nitrogens with zero attached hydrogens (tertiary/aromatic N) is 1.